The van der Waals surface area contributed by atoms with Crippen molar-refractivity contribution in [3.05, 3.63) is 15.8 Å². The lowest BCUT2D eigenvalue weighted by Gasteiger charge is -2.06. The second-order valence-electron chi connectivity index (χ2n) is 4.05. The third-order valence-electron chi connectivity index (χ3n) is 2.61. The summed E-state index contributed by atoms with van der Waals surface area (Å²) < 4.78 is 1.55. The number of nitro groups is 1. The molecule has 1 rings (SSSR count). The van der Waals surface area contributed by atoms with E-state index in [2.05, 4.69) is 15.7 Å². The predicted octanol–water partition coefficient (Wildman–Crippen LogP) is 1.30. The maximum Gasteiger partial charge on any atom is 0.333 e. The number of nitrogens with zero attached hydrogens (tertiary/aromatic N) is 3. The molecule has 0 amide bonds. The van der Waals surface area contributed by atoms with E-state index in [9.17, 15) is 10.1 Å². The lowest BCUT2D eigenvalue weighted by atomic mass is 10.2. The zero-order valence-electron chi connectivity index (χ0n) is 11.2. The molecule has 0 saturated heterocycles. The second kappa shape index (κ2) is 6.95. The van der Waals surface area contributed by atoms with E-state index in [0.29, 0.717) is 24.5 Å². The first-order valence-electron chi connectivity index (χ1n) is 6.26. The van der Waals surface area contributed by atoms with Crippen LogP contribution in [0, 0.1) is 10.1 Å². The molecule has 1 aromatic heterocycles. The van der Waals surface area contributed by atoms with Crippen LogP contribution in [0.3, 0.4) is 0 Å². The molecule has 102 valence electrons. The molecule has 2 N–H and O–H groups in total. The Labute approximate surface area is 107 Å². The first kappa shape index (κ1) is 14.4. The SMILES string of the molecule is CCCc1nn(C)c(NCCNCC)c1[N+](=O)[O-]. The van der Waals surface area contributed by atoms with E-state index < -0.39 is 0 Å². The summed E-state index contributed by atoms with van der Waals surface area (Å²) >= 11 is 0. The monoisotopic (exact) mass is 255 g/mol. The Balaban J connectivity index is 2.84. The Morgan fingerprint density at radius 1 is 1.39 bits per heavy atom. The summed E-state index contributed by atoms with van der Waals surface area (Å²) in [5, 5.41) is 21.6. The highest BCUT2D eigenvalue weighted by Gasteiger charge is 2.25. The standard InChI is InChI=1S/C11H21N5O2/c1-4-6-9-10(16(17)18)11(15(3)14-9)13-8-7-12-5-2/h12-13H,4-8H2,1-3H3. The van der Waals surface area contributed by atoms with Gasteiger partial charge in [-0.3, -0.25) is 10.1 Å². The highest BCUT2D eigenvalue weighted by atomic mass is 16.6. The maximum absolute atomic E-state index is 11.1. The molecule has 18 heavy (non-hydrogen) atoms. The smallest absolute Gasteiger partial charge is 0.333 e. The van der Waals surface area contributed by atoms with Gasteiger partial charge >= 0.3 is 5.69 Å². The average Bonchev–Trinajstić information content (AvgIpc) is 2.62. The van der Waals surface area contributed by atoms with Gasteiger partial charge in [0, 0.05) is 20.1 Å². The molecule has 0 fully saturated rings. The number of likely N-dealkylation sites (N-methyl/N-ethyl adjacent to an activating group) is 1. The highest BCUT2D eigenvalue weighted by molar-refractivity contribution is 5.59. The summed E-state index contributed by atoms with van der Waals surface area (Å²) in [5.74, 6) is 0.487. The molecule has 7 nitrogen and oxygen atoms in total. The van der Waals surface area contributed by atoms with Crippen LogP contribution in [0.5, 0.6) is 0 Å². The van der Waals surface area contributed by atoms with Crippen LogP contribution >= 0.6 is 0 Å². The summed E-state index contributed by atoms with van der Waals surface area (Å²) in [5.41, 5.74) is 0.659. The fourth-order valence-corrected chi connectivity index (χ4v) is 1.81. The van der Waals surface area contributed by atoms with Crippen molar-refractivity contribution < 1.29 is 4.92 Å². The number of anilines is 1. The van der Waals surface area contributed by atoms with E-state index in [4.69, 9.17) is 0 Å². The largest absolute Gasteiger partial charge is 0.363 e. The van der Waals surface area contributed by atoms with Gasteiger partial charge in [-0.15, -0.1) is 0 Å². The maximum atomic E-state index is 11.1. The fourth-order valence-electron chi connectivity index (χ4n) is 1.81. The van der Waals surface area contributed by atoms with Gasteiger partial charge in [0.25, 0.3) is 0 Å². The molecule has 0 aliphatic heterocycles. The molecule has 0 bridgehead atoms. The molecule has 0 saturated carbocycles. The minimum Gasteiger partial charge on any atom is -0.363 e. The van der Waals surface area contributed by atoms with Gasteiger partial charge in [-0.1, -0.05) is 20.3 Å². The van der Waals surface area contributed by atoms with Gasteiger partial charge in [-0.25, -0.2) is 4.68 Å². The van der Waals surface area contributed by atoms with Crippen LogP contribution < -0.4 is 10.6 Å². The molecular weight excluding hydrogens is 234 g/mol. The van der Waals surface area contributed by atoms with Crippen molar-refractivity contribution in [3.8, 4) is 0 Å². The van der Waals surface area contributed by atoms with Crippen molar-refractivity contribution >= 4 is 11.5 Å². The third kappa shape index (κ3) is 3.43. The number of aryl methyl sites for hydroxylation is 2. The summed E-state index contributed by atoms with van der Waals surface area (Å²) in [6.07, 6.45) is 1.47. The van der Waals surface area contributed by atoms with E-state index in [0.717, 1.165) is 19.5 Å². The van der Waals surface area contributed by atoms with Crippen molar-refractivity contribution in [1.82, 2.24) is 15.1 Å². The molecule has 0 aliphatic rings. The minimum atomic E-state index is -0.354. The zero-order chi connectivity index (χ0) is 13.5. The summed E-state index contributed by atoms with van der Waals surface area (Å²) in [6, 6.07) is 0. The van der Waals surface area contributed by atoms with Crippen LogP contribution in [0.1, 0.15) is 26.0 Å². The van der Waals surface area contributed by atoms with Crippen LogP contribution in [0.4, 0.5) is 11.5 Å². The van der Waals surface area contributed by atoms with Crippen LogP contribution in [-0.2, 0) is 13.5 Å². The molecule has 0 aromatic carbocycles. The van der Waals surface area contributed by atoms with Gasteiger partial charge < -0.3 is 10.6 Å². The van der Waals surface area contributed by atoms with Gasteiger partial charge in [0.15, 0.2) is 0 Å². The second-order valence-corrected chi connectivity index (χ2v) is 4.05. The molecular formula is C11H21N5O2. The lowest BCUT2D eigenvalue weighted by molar-refractivity contribution is -0.384. The molecule has 0 spiro atoms. The third-order valence-corrected chi connectivity index (χ3v) is 2.61. The van der Waals surface area contributed by atoms with Crippen molar-refractivity contribution in [2.45, 2.75) is 26.7 Å². The Bertz CT molecular complexity index is 402. The Hall–Kier alpha value is -1.63. The van der Waals surface area contributed by atoms with E-state index in [1.54, 1.807) is 11.7 Å². The number of hydrogen-bond donors (Lipinski definition) is 2. The Morgan fingerprint density at radius 2 is 2.11 bits per heavy atom. The Kier molecular flexibility index (Phi) is 5.57. The van der Waals surface area contributed by atoms with Crippen molar-refractivity contribution in [1.29, 1.82) is 0 Å². The number of nitrogens with one attached hydrogen (secondary N) is 2. The molecule has 1 aromatic rings. The Morgan fingerprint density at radius 3 is 2.67 bits per heavy atom. The van der Waals surface area contributed by atoms with Crippen molar-refractivity contribution in [2.24, 2.45) is 7.05 Å². The number of hydrogen-bond acceptors (Lipinski definition) is 5. The first-order valence-corrected chi connectivity index (χ1v) is 6.26. The highest BCUT2D eigenvalue weighted by Crippen LogP contribution is 2.28. The van der Waals surface area contributed by atoms with Gasteiger partial charge in [-0.05, 0) is 13.0 Å². The molecule has 0 aliphatic carbocycles. The van der Waals surface area contributed by atoms with Gasteiger partial charge in [0.1, 0.15) is 5.69 Å². The summed E-state index contributed by atoms with van der Waals surface area (Å²) in [7, 11) is 1.72. The number of aromatic nitrogens is 2. The summed E-state index contributed by atoms with van der Waals surface area (Å²) in [6.45, 7) is 6.29. The van der Waals surface area contributed by atoms with Crippen molar-refractivity contribution in [2.75, 3.05) is 25.0 Å². The number of rotatable bonds is 8. The first-order chi connectivity index (χ1) is 8.61. The van der Waals surface area contributed by atoms with E-state index in [1.807, 2.05) is 13.8 Å². The summed E-state index contributed by atoms with van der Waals surface area (Å²) in [4.78, 5) is 10.8. The molecule has 0 radical (unpaired) electrons. The van der Waals surface area contributed by atoms with Gasteiger partial charge in [0.2, 0.25) is 5.82 Å². The minimum absolute atomic E-state index is 0.107. The van der Waals surface area contributed by atoms with Crippen LogP contribution in [0.15, 0.2) is 0 Å². The molecule has 0 atom stereocenters. The van der Waals surface area contributed by atoms with Crippen LogP contribution in [-0.4, -0.2) is 34.3 Å². The topological polar surface area (TPSA) is 85.0 Å². The van der Waals surface area contributed by atoms with E-state index in [-0.39, 0.29) is 10.6 Å². The van der Waals surface area contributed by atoms with Crippen LogP contribution in [0.2, 0.25) is 0 Å². The van der Waals surface area contributed by atoms with Crippen LogP contribution in [0.25, 0.3) is 0 Å². The molecule has 0 unspecified atom stereocenters. The predicted molar refractivity (Wildman–Crippen MR) is 70.9 cm³/mol. The quantitative estimate of drug-likeness (QED) is 0.415. The fraction of sp³-hybridized carbons (Fsp3) is 0.727. The van der Waals surface area contributed by atoms with E-state index >= 15 is 0 Å². The lowest BCUT2D eigenvalue weighted by Crippen LogP contribution is -2.22. The van der Waals surface area contributed by atoms with Gasteiger partial charge in [0.05, 0.1) is 4.92 Å². The zero-order valence-corrected chi connectivity index (χ0v) is 11.2. The van der Waals surface area contributed by atoms with Crippen molar-refractivity contribution in [3.63, 3.8) is 0 Å². The molecule has 7 heteroatoms. The van der Waals surface area contributed by atoms with Gasteiger partial charge in [-0.2, -0.15) is 5.10 Å². The average molecular weight is 255 g/mol. The van der Waals surface area contributed by atoms with E-state index in [1.165, 1.54) is 0 Å². The normalized spacial score (nSPS) is 10.6. The molecule has 1 heterocycles.